The Hall–Kier alpha value is -3.46. The van der Waals surface area contributed by atoms with Crippen LogP contribution in [0.5, 0.6) is 5.75 Å². The number of hydrogen-bond donors (Lipinski definition) is 1. The first kappa shape index (κ1) is 24.9. The summed E-state index contributed by atoms with van der Waals surface area (Å²) in [5.74, 6) is 0.0367. The van der Waals surface area contributed by atoms with Crippen LogP contribution >= 0.6 is 11.8 Å². The second kappa shape index (κ2) is 11.1. The number of para-hydroxylation sites is 1. The van der Waals surface area contributed by atoms with Crippen LogP contribution in [0.4, 0.5) is 0 Å². The normalized spacial score (nSPS) is 21.8. The molecule has 38 heavy (non-hydrogen) atoms. The summed E-state index contributed by atoms with van der Waals surface area (Å²) in [5.41, 5.74) is 4.88. The number of hydrazone groups is 1. The van der Waals surface area contributed by atoms with Crippen molar-refractivity contribution >= 4 is 23.4 Å². The fourth-order valence-corrected chi connectivity index (χ4v) is 6.37. The summed E-state index contributed by atoms with van der Waals surface area (Å²) in [6.45, 7) is 4.48. The number of hydrogen-bond acceptors (Lipinski definition) is 7. The fraction of sp³-hybridized carbons (Fsp3) is 0.300. The number of phenols is 1. The summed E-state index contributed by atoms with van der Waals surface area (Å²) in [6.07, 6.45) is 6.82. The van der Waals surface area contributed by atoms with Gasteiger partial charge in [0.25, 0.3) is 5.91 Å². The van der Waals surface area contributed by atoms with E-state index in [9.17, 15) is 9.90 Å². The van der Waals surface area contributed by atoms with Crippen LogP contribution in [-0.2, 0) is 16.1 Å². The molecule has 1 N–H and O–H groups in total. The second-order valence-electron chi connectivity index (χ2n) is 9.76. The first-order chi connectivity index (χ1) is 18.7. The number of carbonyl (C=O) groups is 1. The lowest BCUT2D eigenvalue weighted by atomic mass is 9.98. The minimum absolute atomic E-state index is 0.131. The molecule has 0 spiro atoms. The highest BCUT2D eigenvalue weighted by atomic mass is 32.2. The van der Waals surface area contributed by atoms with Gasteiger partial charge in [-0.15, -0.1) is 11.8 Å². The molecule has 0 saturated carbocycles. The predicted octanol–water partition coefficient (Wildman–Crippen LogP) is 5.06. The molecule has 194 valence electrons. The Labute approximate surface area is 226 Å². The van der Waals surface area contributed by atoms with Crippen LogP contribution in [-0.4, -0.2) is 57.9 Å². The van der Waals surface area contributed by atoms with E-state index in [0.29, 0.717) is 16.9 Å². The molecule has 1 saturated heterocycles. The smallest absolute Gasteiger partial charge is 0.280 e. The maximum Gasteiger partial charge on any atom is 0.280 e. The molecule has 0 radical (unpaired) electrons. The number of benzene rings is 2. The topological polar surface area (TPSA) is 78.3 Å². The molecule has 2 unspecified atom stereocenters. The number of allylic oxidation sites excluding steroid dienone is 1. The highest BCUT2D eigenvalue weighted by Crippen LogP contribution is 2.46. The van der Waals surface area contributed by atoms with E-state index in [0.717, 1.165) is 50.5 Å². The molecular weight excluding hydrogens is 496 g/mol. The van der Waals surface area contributed by atoms with Crippen LogP contribution in [0.15, 0.2) is 89.1 Å². The molecule has 2 atom stereocenters. The van der Waals surface area contributed by atoms with Gasteiger partial charge in [0.1, 0.15) is 5.75 Å². The highest BCUT2D eigenvalue weighted by Gasteiger charge is 2.37. The quantitative estimate of drug-likeness (QED) is 0.484. The number of nitrogens with zero attached hydrogens (tertiary/aromatic N) is 4. The van der Waals surface area contributed by atoms with Crippen molar-refractivity contribution in [3.05, 3.63) is 106 Å². The van der Waals surface area contributed by atoms with Crippen LogP contribution in [0, 0.1) is 0 Å². The van der Waals surface area contributed by atoms with Gasteiger partial charge in [-0.05, 0) is 29.7 Å². The zero-order valence-electron chi connectivity index (χ0n) is 21.1. The minimum Gasteiger partial charge on any atom is -0.508 e. The molecule has 0 bridgehead atoms. The maximum absolute atomic E-state index is 13.8. The molecule has 1 amide bonds. The zero-order chi connectivity index (χ0) is 25.9. The van der Waals surface area contributed by atoms with Gasteiger partial charge < -0.3 is 9.84 Å². The highest BCUT2D eigenvalue weighted by molar-refractivity contribution is 8.04. The molecule has 1 fully saturated rings. The Morgan fingerprint density at radius 2 is 1.87 bits per heavy atom. The van der Waals surface area contributed by atoms with Gasteiger partial charge in [0.05, 0.1) is 29.9 Å². The third-order valence-electron chi connectivity index (χ3n) is 7.27. The van der Waals surface area contributed by atoms with Gasteiger partial charge in [-0.2, -0.15) is 5.10 Å². The third-order valence-corrected chi connectivity index (χ3v) is 8.61. The molecule has 3 aromatic rings. The van der Waals surface area contributed by atoms with Gasteiger partial charge in [-0.25, -0.2) is 5.01 Å². The Balaban J connectivity index is 1.17. The number of carbonyl (C=O) groups excluding carboxylic acids is 1. The van der Waals surface area contributed by atoms with E-state index in [1.54, 1.807) is 41.3 Å². The van der Waals surface area contributed by atoms with Crippen molar-refractivity contribution < 1.29 is 14.6 Å². The molecule has 2 aromatic carbocycles. The van der Waals surface area contributed by atoms with E-state index in [1.807, 2.05) is 30.3 Å². The molecular formula is C30H30N4O3S. The van der Waals surface area contributed by atoms with Crippen molar-refractivity contribution in [3.63, 3.8) is 0 Å². The van der Waals surface area contributed by atoms with Crippen molar-refractivity contribution in [1.82, 2.24) is 14.9 Å². The monoisotopic (exact) mass is 526 g/mol. The lowest BCUT2D eigenvalue weighted by Crippen LogP contribution is -2.35. The Kier molecular flexibility index (Phi) is 7.27. The average molecular weight is 527 g/mol. The molecule has 4 heterocycles. The summed E-state index contributed by atoms with van der Waals surface area (Å²) in [4.78, 5) is 21.1. The molecule has 0 aliphatic carbocycles. The molecule has 3 aliphatic heterocycles. The largest absolute Gasteiger partial charge is 0.508 e. The average Bonchev–Trinajstić information content (AvgIpc) is 3.63. The van der Waals surface area contributed by atoms with Crippen LogP contribution in [0.2, 0.25) is 0 Å². The standard InChI is InChI=1S/C30H30N4O3S/c35-27-6-2-1-5-24(27)26-18-25(23-4-3-13-31-19-23)32-34(26)30(36)29-12-11-28(38-29)22-9-7-21(8-10-22)20-33-14-16-37-17-15-33/h1-10,12-13,19,26,28,35H,11,14-18,20H2. The number of phenolic OH excluding ortho intramolecular Hbond substituents is 1. The minimum atomic E-state index is -0.376. The number of thioether (sulfide) groups is 1. The second-order valence-corrected chi connectivity index (χ2v) is 11.0. The van der Waals surface area contributed by atoms with E-state index in [2.05, 4.69) is 34.1 Å². The van der Waals surface area contributed by atoms with Gasteiger partial charge in [-0.1, -0.05) is 54.6 Å². The number of aromatic hydroxyl groups is 1. The Bertz CT molecular complexity index is 1350. The van der Waals surface area contributed by atoms with Crippen molar-refractivity contribution in [3.8, 4) is 5.75 Å². The molecule has 8 heteroatoms. The van der Waals surface area contributed by atoms with Crippen molar-refractivity contribution in [2.45, 2.75) is 30.7 Å². The van der Waals surface area contributed by atoms with E-state index >= 15 is 0 Å². The fourth-order valence-electron chi connectivity index (χ4n) is 5.19. The van der Waals surface area contributed by atoms with Gasteiger partial charge in [-0.3, -0.25) is 14.7 Å². The molecule has 6 rings (SSSR count). The van der Waals surface area contributed by atoms with Gasteiger partial charge in [0, 0.05) is 54.8 Å². The number of rotatable bonds is 6. The van der Waals surface area contributed by atoms with E-state index in [4.69, 9.17) is 9.84 Å². The van der Waals surface area contributed by atoms with Gasteiger partial charge >= 0.3 is 0 Å². The lowest BCUT2D eigenvalue weighted by Gasteiger charge is -2.26. The van der Waals surface area contributed by atoms with Gasteiger partial charge in [0.2, 0.25) is 0 Å². The lowest BCUT2D eigenvalue weighted by molar-refractivity contribution is -0.128. The Morgan fingerprint density at radius 3 is 2.63 bits per heavy atom. The molecule has 3 aliphatic rings. The third kappa shape index (κ3) is 5.25. The summed E-state index contributed by atoms with van der Waals surface area (Å²) in [7, 11) is 0. The molecule has 1 aromatic heterocycles. The number of ether oxygens (including phenoxy) is 1. The Morgan fingerprint density at radius 1 is 1.05 bits per heavy atom. The van der Waals surface area contributed by atoms with Crippen molar-refractivity contribution in [2.24, 2.45) is 5.10 Å². The van der Waals surface area contributed by atoms with Gasteiger partial charge in [0.15, 0.2) is 0 Å². The van der Waals surface area contributed by atoms with E-state index < -0.39 is 0 Å². The van der Waals surface area contributed by atoms with E-state index in [1.165, 1.54) is 11.1 Å². The summed E-state index contributed by atoms with van der Waals surface area (Å²) < 4.78 is 5.45. The predicted molar refractivity (Wildman–Crippen MR) is 149 cm³/mol. The van der Waals surface area contributed by atoms with Crippen LogP contribution in [0.1, 0.15) is 46.4 Å². The van der Waals surface area contributed by atoms with E-state index in [-0.39, 0.29) is 22.9 Å². The number of pyridine rings is 1. The van der Waals surface area contributed by atoms with Crippen LogP contribution < -0.4 is 0 Å². The number of amides is 1. The maximum atomic E-state index is 13.8. The van der Waals surface area contributed by atoms with Crippen molar-refractivity contribution in [2.75, 3.05) is 26.3 Å². The SMILES string of the molecule is O=C(C1=CCC(c2ccc(CN3CCOCC3)cc2)S1)N1N=C(c2cccnc2)CC1c1ccccc1O. The summed E-state index contributed by atoms with van der Waals surface area (Å²) in [5, 5.41) is 17.1. The number of morpholine rings is 1. The van der Waals surface area contributed by atoms with Crippen LogP contribution in [0.3, 0.4) is 0 Å². The summed E-state index contributed by atoms with van der Waals surface area (Å²) in [6, 6.07) is 19.4. The summed E-state index contributed by atoms with van der Waals surface area (Å²) >= 11 is 1.60. The molecule has 7 nitrogen and oxygen atoms in total. The van der Waals surface area contributed by atoms with Crippen LogP contribution in [0.25, 0.3) is 0 Å². The first-order valence-electron chi connectivity index (χ1n) is 13.0. The zero-order valence-corrected chi connectivity index (χ0v) is 21.9. The first-order valence-corrected chi connectivity index (χ1v) is 13.9. The van der Waals surface area contributed by atoms with Crippen molar-refractivity contribution in [1.29, 1.82) is 0 Å². The number of aromatic nitrogens is 1.